The van der Waals surface area contributed by atoms with Crippen molar-refractivity contribution in [1.82, 2.24) is 5.32 Å². The highest BCUT2D eigenvalue weighted by Gasteiger charge is 2.11. The number of amides is 2. The van der Waals surface area contributed by atoms with Crippen molar-refractivity contribution in [3.8, 4) is 5.75 Å². The van der Waals surface area contributed by atoms with E-state index in [-0.39, 0.29) is 29.5 Å². The summed E-state index contributed by atoms with van der Waals surface area (Å²) in [4.78, 5) is 24.9. The van der Waals surface area contributed by atoms with Crippen LogP contribution in [0, 0.1) is 0 Å². The van der Waals surface area contributed by atoms with Gasteiger partial charge < -0.3 is 15.4 Å². The molecule has 3 aromatic carbocycles. The molecule has 0 saturated heterocycles. The zero-order valence-corrected chi connectivity index (χ0v) is 19.4. The third-order valence-electron chi connectivity index (χ3n) is 4.85. The maximum Gasteiger partial charge on any atom is 0.257 e. The first-order valence-corrected chi connectivity index (χ1v) is 11.2. The van der Waals surface area contributed by atoms with Gasteiger partial charge in [-0.15, -0.1) is 0 Å². The summed E-state index contributed by atoms with van der Waals surface area (Å²) in [6.45, 7) is 4.01. The predicted molar refractivity (Wildman–Crippen MR) is 136 cm³/mol. The van der Waals surface area contributed by atoms with Gasteiger partial charge in [-0.1, -0.05) is 49.4 Å². The minimum atomic E-state index is -0.338. The van der Waals surface area contributed by atoms with Crippen LogP contribution in [0.1, 0.15) is 36.2 Å². The molecule has 0 radical (unpaired) electrons. The topological polar surface area (TPSA) is 79.5 Å². The van der Waals surface area contributed by atoms with Crippen LogP contribution < -0.4 is 20.7 Å². The molecule has 0 aromatic heterocycles. The van der Waals surface area contributed by atoms with E-state index in [4.69, 9.17) is 17.0 Å². The first-order chi connectivity index (χ1) is 15.9. The molecule has 1 unspecified atom stereocenters. The third-order valence-corrected chi connectivity index (χ3v) is 5.05. The third kappa shape index (κ3) is 7.73. The van der Waals surface area contributed by atoms with E-state index in [2.05, 4.69) is 16.0 Å². The Morgan fingerprint density at radius 1 is 0.909 bits per heavy atom. The smallest absolute Gasteiger partial charge is 0.257 e. The fraction of sp³-hybridized carbons (Fsp3) is 0.192. The molecule has 6 nitrogen and oxygen atoms in total. The van der Waals surface area contributed by atoms with Gasteiger partial charge in [0.2, 0.25) is 5.91 Å². The van der Waals surface area contributed by atoms with Crippen molar-refractivity contribution in [2.75, 3.05) is 10.6 Å². The van der Waals surface area contributed by atoms with Crippen molar-refractivity contribution < 1.29 is 14.3 Å². The van der Waals surface area contributed by atoms with Crippen molar-refractivity contribution in [3.63, 3.8) is 0 Å². The van der Waals surface area contributed by atoms with Gasteiger partial charge >= 0.3 is 0 Å². The molecule has 170 valence electrons. The van der Waals surface area contributed by atoms with E-state index in [1.54, 1.807) is 42.5 Å². The van der Waals surface area contributed by atoms with Gasteiger partial charge in [0.25, 0.3) is 5.91 Å². The van der Waals surface area contributed by atoms with Crippen LogP contribution in [0.2, 0.25) is 0 Å². The molecular weight excluding hydrogens is 434 g/mol. The quantitative estimate of drug-likeness (QED) is 0.403. The Morgan fingerprint density at radius 2 is 1.61 bits per heavy atom. The van der Waals surface area contributed by atoms with Gasteiger partial charge in [-0.05, 0) is 67.5 Å². The van der Waals surface area contributed by atoms with Gasteiger partial charge in [-0.2, -0.15) is 0 Å². The SMILES string of the molecule is CCC(C)Oc1cccc(C(=O)NC(=S)Nc2cccc(NC(=O)Cc3ccccc3)c2)c1. The molecule has 0 saturated carbocycles. The van der Waals surface area contributed by atoms with Crippen molar-refractivity contribution in [2.24, 2.45) is 0 Å². The molecule has 0 fully saturated rings. The van der Waals surface area contributed by atoms with Gasteiger partial charge in [0, 0.05) is 16.9 Å². The Balaban J connectivity index is 1.55. The molecular formula is C26H27N3O3S. The molecule has 7 heteroatoms. The van der Waals surface area contributed by atoms with Crippen LogP contribution in [0.3, 0.4) is 0 Å². The van der Waals surface area contributed by atoms with Crippen LogP contribution in [-0.4, -0.2) is 23.0 Å². The monoisotopic (exact) mass is 461 g/mol. The lowest BCUT2D eigenvalue weighted by Crippen LogP contribution is -2.34. The lowest BCUT2D eigenvalue weighted by atomic mass is 10.1. The second kappa shape index (κ2) is 11.8. The molecule has 0 aliphatic rings. The number of ether oxygens (including phenoxy) is 1. The number of carbonyl (C=O) groups is 2. The van der Waals surface area contributed by atoms with Crippen LogP contribution in [0.15, 0.2) is 78.9 Å². The Labute approximate surface area is 199 Å². The summed E-state index contributed by atoms with van der Waals surface area (Å²) in [5.41, 5.74) is 2.66. The Bertz CT molecular complexity index is 1120. The molecule has 3 aromatic rings. The highest BCUT2D eigenvalue weighted by molar-refractivity contribution is 7.80. The lowest BCUT2D eigenvalue weighted by Gasteiger charge is -2.14. The van der Waals surface area contributed by atoms with E-state index in [0.717, 1.165) is 12.0 Å². The Hall–Kier alpha value is -3.71. The predicted octanol–water partition coefficient (Wildman–Crippen LogP) is 5.17. The maximum atomic E-state index is 12.6. The van der Waals surface area contributed by atoms with E-state index in [9.17, 15) is 9.59 Å². The summed E-state index contributed by atoms with van der Waals surface area (Å²) >= 11 is 5.29. The van der Waals surface area contributed by atoms with E-state index >= 15 is 0 Å². The van der Waals surface area contributed by atoms with Crippen LogP contribution in [0.4, 0.5) is 11.4 Å². The van der Waals surface area contributed by atoms with E-state index in [1.165, 1.54) is 0 Å². The molecule has 0 heterocycles. The zero-order valence-electron chi connectivity index (χ0n) is 18.6. The first kappa shape index (κ1) is 23.9. The fourth-order valence-corrected chi connectivity index (χ4v) is 3.24. The zero-order chi connectivity index (χ0) is 23.6. The minimum absolute atomic E-state index is 0.0616. The van der Waals surface area contributed by atoms with Gasteiger partial charge in [0.15, 0.2) is 5.11 Å². The van der Waals surface area contributed by atoms with Gasteiger partial charge in [-0.3, -0.25) is 14.9 Å². The molecule has 3 rings (SSSR count). The molecule has 0 aliphatic heterocycles. The highest BCUT2D eigenvalue weighted by atomic mass is 32.1. The van der Waals surface area contributed by atoms with Crippen LogP contribution >= 0.6 is 12.2 Å². The number of rotatable bonds is 8. The Morgan fingerprint density at radius 3 is 2.33 bits per heavy atom. The molecule has 33 heavy (non-hydrogen) atoms. The highest BCUT2D eigenvalue weighted by Crippen LogP contribution is 2.17. The average Bonchev–Trinajstić information content (AvgIpc) is 2.80. The summed E-state index contributed by atoms with van der Waals surface area (Å²) in [5, 5.41) is 8.68. The normalized spacial score (nSPS) is 11.2. The second-order valence-electron chi connectivity index (χ2n) is 7.56. The number of nitrogens with one attached hydrogen (secondary N) is 3. The summed E-state index contributed by atoms with van der Waals surface area (Å²) < 4.78 is 5.77. The summed E-state index contributed by atoms with van der Waals surface area (Å²) in [5.74, 6) is 0.179. The molecule has 0 bridgehead atoms. The number of hydrogen-bond donors (Lipinski definition) is 3. The fourth-order valence-electron chi connectivity index (χ4n) is 3.03. The summed E-state index contributed by atoms with van der Waals surface area (Å²) in [7, 11) is 0. The standard InChI is InChI=1S/C26H27N3O3S/c1-3-18(2)32-23-14-7-11-20(16-23)25(31)29-26(33)28-22-13-8-12-21(17-22)27-24(30)15-19-9-5-4-6-10-19/h4-14,16-18H,3,15H2,1-2H3,(H,27,30)(H2,28,29,31,33). The van der Waals surface area contributed by atoms with Crippen LogP contribution in [0.25, 0.3) is 0 Å². The lowest BCUT2D eigenvalue weighted by molar-refractivity contribution is -0.115. The van der Waals surface area contributed by atoms with Crippen molar-refractivity contribution in [3.05, 3.63) is 90.0 Å². The molecule has 1 atom stereocenters. The van der Waals surface area contributed by atoms with Crippen molar-refractivity contribution in [2.45, 2.75) is 32.8 Å². The number of thiocarbonyl (C=S) groups is 1. The largest absolute Gasteiger partial charge is 0.491 e. The van der Waals surface area contributed by atoms with Gasteiger partial charge in [0.05, 0.1) is 12.5 Å². The molecule has 0 spiro atoms. The number of carbonyl (C=O) groups excluding carboxylic acids is 2. The first-order valence-electron chi connectivity index (χ1n) is 10.8. The number of anilines is 2. The number of benzene rings is 3. The van der Waals surface area contributed by atoms with Crippen LogP contribution in [-0.2, 0) is 11.2 Å². The van der Waals surface area contributed by atoms with Crippen LogP contribution in [0.5, 0.6) is 5.75 Å². The van der Waals surface area contributed by atoms with Gasteiger partial charge in [-0.25, -0.2) is 0 Å². The average molecular weight is 462 g/mol. The molecule has 0 aliphatic carbocycles. The van der Waals surface area contributed by atoms with Crippen molar-refractivity contribution in [1.29, 1.82) is 0 Å². The van der Waals surface area contributed by atoms with Crippen molar-refractivity contribution >= 4 is 40.5 Å². The van der Waals surface area contributed by atoms with E-state index in [0.29, 0.717) is 22.7 Å². The second-order valence-corrected chi connectivity index (χ2v) is 7.97. The van der Waals surface area contributed by atoms with E-state index in [1.807, 2.05) is 50.2 Å². The maximum absolute atomic E-state index is 12.6. The van der Waals surface area contributed by atoms with E-state index < -0.39 is 0 Å². The summed E-state index contributed by atoms with van der Waals surface area (Å²) in [6, 6.07) is 23.6. The molecule has 3 N–H and O–H groups in total. The summed E-state index contributed by atoms with van der Waals surface area (Å²) in [6.07, 6.45) is 1.22. The molecule has 2 amide bonds. The minimum Gasteiger partial charge on any atom is -0.491 e. The van der Waals surface area contributed by atoms with Gasteiger partial charge in [0.1, 0.15) is 5.75 Å². The number of hydrogen-bond acceptors (Lipinski definition) is 4. The Kier molecular flexibility index (Phi) is 8.55.